The quantitative estimate of drug-likeness (QED) is 0.715. The van der Waals surface area contributed by atoms with Crippen molar-refractivity contribution in [2.45, 2.75) is 13.0 Å². The first-order chi connectivity index (χ1) is 9.24. The van der Waals surface area contributed by atoms with E-state index in [1.807, 2.05) is 35.7 Å². The molecular weight excluding hydrogens is 256 g/mol. The highest BCUT2D eigenvalue weighted by Crippen LogP contribution is 2.27. The van der Waals surface area contributed by atoms with E-state index in [0.29, 0.717) is 0 Å². The van der Waals surface area contributed by atoms with Gasteiger partial charge in [-0.15, -0.1) is 11.3 Å². The summed E-state index contributed by atoms with van der Waals surface area (Å²) in [6.07, 6.45) is 1.59. The molecule has 3 rings (SSSR count). The fraction of sp³-hybridized carbons (Fsp3) is 0.143. The van der Waals surface area contributed by atoms with Crippen molar-refractivity contribution in [2.24, 2.45) is 0 Å². The first-order valence-electron chi connectivity index (χ1n) is 6.04. The van der Waals surface area contributed by atoms with E-state index >= 15 is 0 Å². The Labute approximate surface area is 115 Å². The molecule has 1 unspecified atom stereocenters. The first kappa shape index (κ1) is 11.9. The molecule has 0 spiro atoms. The summed E-state index contributed by atoms with van der Waals surface area (Å²) in [6.45, 7) is 2.10. The summed E-state index contributed by atoms with van der Waals surface area (Å²) in [6, 6.07) is 10.1. The molecule has 0 radical (unpaired) electrons. The molecule has 2 heterocycles. The summed E-state index contributed by atoms with van der Waals surface area (Å²) >= 11 is 1.62. The average Bonchev–Trinajstić information content (AvgIpc) is 2.89. The molecule has 96 valence electrons. The third-order valence-electron chi connectivity index (χ3n) is 3.05. The highest BCUT2D eigenvalue weighted by Gasteiger charge is 2.09. The highest BCUT2D eigenvalue weighted by atomic mass is 32.1. The Balaban J connectivity index is 1.88. The van der Waals surface area contributed by atoms with Crippen molar-refractivity contribution in [2.75, 3.05) is 11.1 Å². The molecule has 0 aliphatic rings. The first-order valence-corrected chi connectivity index (χ1v) is 6.92. The maximum Gasteiger partial charge on any atom is 0.138 e. The van der Waals surface area contributed by atoms with E-state index in [4.69, 9.17) is 5.73 Å². The van der Waals surface area contributed by atoms with Crippen LogP contribution in [0, 0.1) is 0 Å². The van der Waals surface area contributed by atoms with Crippen LogP contribution < -0.4 is 11.1 Å². The normalized spacial score (nSPS) is 12.5. The number of nitrogens with two attached hydrogens (primary N) is 1. The molecule has 3 N–H and O–H groups in total. The topological polar surface area (TPSA) is 63.8 Å². The van der Waals surface area contributed by atoms with Gasteiger partial charge < -0.3 is 11.1 Å². The fourth-order valence-electron chi connectivity index (χ4n) is 1.98. The van der Waals surface area contributed by atoms with E-state index in [0.717, 1.165) is 21.7 Å². The van der Waals surface area contributed by atoms with E-state index in [1.165, 1.54) is 5.56 Å². The molecule has 0 amide bonds. The Morgan fingerprint density at radius 2 is 1.95 bits per heavy atom. The van der Waals surface area contributed by atoms with E-state index in [9.17, 15) is 0 Å². The van der Waals surface area contributed by atoms with Gasteiger partial charge in [-0.25, -0.2) is 9.97 Å². The van der Waals surface area contributed by atoms with E-state index in [2.05, 4.69) is 22.2 Å². The summed E-state index contributed by atoms with van der Waals surface area (Å²) in [5.74, 6) is 0.871. The lowest BCUT2D eigenvalue weighted by Crippen LogP contribution is -2.08. The third-order valence-corrected chi connectivity index (χ3v) is 3.87. The molecule has 5 heteroatoms. The van der Waals surface area contributed by atoms with Gasteiger partial charge >= 0.3 is 0 Å². The molecule has 0 bridgehead atoms. The SMILES string of the molecule is CC(Nc1ncnc2sccc12)c1ccc(N)cc1. The summed E-state index contributed by atoms with van der Waals surface area (Å²) in [5.41, 5.74) is 7.65. The van der Waals surface area contributed by atoms with Gasteiger partial charge in [0.15, 0.2) is 0 Å². The van der Waals surface area contributed by atoms with Crippen LogP contribution in [0.3, 0.4) is 0 Å². The molecule has 19 heavy (non-hydrogen) atoms. The van der Waals surface area contributed by atoms with Crippen molar-refractivity contribution in [3.63, 3.8) is 0 Å². The van der Waals surface area contributed by atoms with E-state index < -0.39 is 0 Å². The number of nitrogens with one attached hydrogen (secondary N) is 1. The van der Waals surface area contributed by atoms with E-state index in [-0.39, 0.29) is 6.04 Å². The predicted octanol–water partition coefficient (Wildman–Crippen LogP) is 3.45. The van der Waals surface area contributed by atoms with Gasteiger partial charge in [-0.3, -0.25) is 0 Å². The van der Waals surface area contributed by atoms with Gasteiger partial charge in [-0.2, -0.15) is 0 Å². The molecule has 4 nitrogen and oxygen atoms in total. The molecule has 1 aromatic carbocycles. The van der Waals surface area contributed by atoms with Gasteiger partial charge in [0.1, 0.15) is 17.0 Å². The number of anilines is 2. The Morgan fingerprint density at radius 3 is 2.74 bits per heavy atom. The monoisotopic (exact) mass is 270 g/mol. The van der Waals surface area contributed by atoms with Gasteiger partial charge in [0, 0.05) is 11.7 Å². The maximum absolute atomic E-state index is 5.70. The second kappa shape index (κ2) is 4.85. The molecule has 0 aliphatic heterocycles. The molecule has 0 fully saturated rings. The smallest absolute Gasteiger partial charge is 0.138 e. The van der Waals surface area contributed by atoms with Gasteiger partial charge in [-0.05, 0) is 36.1 Å². The Morgan fingerprint density at radius 1 is 1.16 bits per heavy atom. The summed E-state index contributed by atoms with van der Waals surface area (Å²) in [7, 11) is 0. The minimum absolute atomic E-state index is 0.165. The van der Waals surface area contributed by atoms with Crippen LogP contribution in [-0.4, -0.2) is 9.97 Å². The average molecular weight is 270 g/mol. The van der Waals surface area contributed by atoms with Crippen LogP contribution in [-0.2, 0) is 0 Å². The fourth-order valence-corrected chi connectivity index (χ4v) is 2.71. The van der Waals surface area contributed by atoms with Gasteiger partial charge in [0.05, 0.1) is 5.39 Å². The molecule has 0 saturated heterocycles. The number of fused-ring (bicyclic) bond motifs is 1. The van der Waals surface area contributed by atoms with Crippen LogP contribution in [0.2, 0.25) is 0 Å². The zero-order chi connectivity index (χ0) is 13.2. The van der Waals surface area contributed by atoms with Crippen LogP contribution in [0.1, 0.15) is 18.5 Å². The third kappa shape index (κ3) is 2.37. The van der Waals surface area contributed by atoms with Crippen molar-refractivity contribution in [3.8, 4) is 0 Å². The summed E-state index contributed by atoms with van der Waals surface area (Å²) in [4.78, 5) is 9.57. The van der Waals surface area contributed by atoms with Crippen LogP contribution in [0.15, 0.2) is 42.0 Å². The van der Waals surface area contributed by atoms with Gasteiger partial charge in [0.25, 0.3) is 0 Å². The number of nitrogens with zero attached hydrogens (tertiary/aromatic N) is 2. The molecule has 1 atom stereocenters. The Kier molecular flexibility index (Phi) is 3.05. The van der Waals surface area contributed by atoms with Crippen molar-refractivity contribution in [1.82, 2.24) is 9.97 Å². The van der Waals surface area contributed by atoms with E-state index in [1.54, 1.807) is 17.7 Å². The minimum Gasteiger partial charge on any atom is -0.399 e. The molecular formula is C14H14N4S. The van der Waals surface area contributed by atoms with Crippen molar-refractivity contribution in [3.05, 3.63) is 47.6 Å². The van der Waals surface area contributed by atoms with Crippen molar-refractivity contribution < 1.29 is 0 Å². The summed E-state index contributed by atoms with van der Waals surface area (Å²) in [5, 5.41) is 6.51. The number of aromatic nitrogens is 2. The lowest BCUT2D eigenvalue weighted by atomic mass is 10.1. The van der Waals surface area contributed by atoms with Crippen LogP contribution in [0.25, 0.3) is 10.2 Å². The van der Waals surface area contributed by atoms with Crippen molar-refractivity contribution >= 4 is 33.1 Å². The lowest BCUT2D eigenvalue weighted by molar-refractivity contribution is 0.876. The molecule has 0 saturated carbocycles. The number of hydrogen-bond donors (Lipinski definition) is 2. The maximum atomic E-state index is 5.70. The van der Waals surface area contributed by atoms with Crippen molar-refractivity contribution in [1.29, 1.82) is 0 Å². The second-order valence-electron chi connectivity index (χ2n) is 4.39. The molecule has 0 aliphatic carbocycles. The van der Waals surface area contributed by atoms with Crippen LogP contribution >= 0.6 is 11.3 Å². The van der Waals surface area contributed by atoms with Gasteiger partial charge in [-0.1, -0.05) is 12.1 Å². The minimum atomic E-state index is 0.165. The predicted molar refractivity (Wildman–Crippen MR) is 80.3 cm³/mol. The zero-order valence-electron chi connectivity index (χ0n) is 10.5. The number of nitrogen functional groups attached to an aromatic ring is 1. The van der Waals surface area contributed by atoms with Crippen LogP contribution in [0.4, 0.5) is 11.5 Å². The van der Waals surface area contributed by atoms with Gasteiger partial charge in [0.2, 0.25) is 0 Å². The number of rotatable bonds is 3. The number of thiophene rings is 1. The number of hydrogen-bond acceptors (Lipinski definition) is 5. The highest BCUT2D eigenvalue weighted by molar-refractivity contribution is 7.16. The largest absolute Gasteiger partial charge is 0.399 e. The second-order valence-corrected chi connectivity index (χ2v) is 5.29. The number of benzene rings is 1. The standard InChI is InChI=1S/C14H14N4S/c1-9(10-2-4-11(15)5-3-10)18-13-12-6-7-19-14(12)17-8-16-13/h2-9H,15H2,1H3,(H,16,17,18). The molecule has 3 aromatic rings. The lowest BCUT2D eigenvalue weighted by Gasteiger charge is -2.15. The molecule has 2 aromatic heterocycles. The van der Waals surface area contributed by atoms with Crippen LogP contribution in [0.5, 0.6) is 0 Å². The summed E-state index contributed by atoms with van der Waals surface area (Å²) < 4.78 is 0. The zero-order valence-corrected chi connectivity index (χ0v) is 11.3. The Hall–Kier alpha value is -2.14. The Bertz CT molecular complexity index is 690.